The fourth-order valence-electron chi connectivity index (χ4n) is 1.57. The number of aromatic nitrogens is 2. The van der Waals surface area contributed by atoms with Crippen LogP contribution in [0.2, 0.25) is 0 Å². The van der Waals surface area contributed by atoms with Gasteiger partial charge in [0.25, 0.3) is 0 Å². The Morgan fingerprint density at radius 3 is 3.06 bits per heavy atom. The Morgan fingerprint density at radius 2 is 2.50 bits per heavy atom. The van der Waals surface area contributed by atoms with Gasteiger partial charge in [0.2, 0.25) is 5.91 Å². The number of anilines is 1. The van der Waals surface area contributed by atoms with Crippen molar-refractivity contribution < 1.29 is 9.90 Å². The average Bonchev–Trinajstić information content (AvgIpc) is 2.76. The molecule has 2 heterocycles. The summed E-state index contributed by atoms with van der Waals surface area (Å²) in [5, 5.41) is 11.5. The zero-order valence-electron chi connectivity index (χ0n) is 9.70. The molecule has 0 spiro atoms. The highest BCUT2D eigenvalue weighted by atomic mass is 32.2. The Morgan fingerprint density at radius 1 is 1.72 bits per heavy atom. The summed E-state index contributed by atoms with van der Waals surface area (Å²) in [4.78, 5) is 26.5. The molecule has 1 aromatic rings. The van der Waals surface area contributed by atoms with Crippen LogP contribution in [0.4, 0.5) is 5.82 Å². The van der Waals surface area contributed by atoms with Crippen LogP contribution in [0.15, 0.2) is 17.1 Å². The molecule has 0 aliphatic carbocycles. The Balaban J connectivity index is 2.15. The van der Waals surface area contributed by atoms with E-state index >= 15 is 0 Å². The standard InChI is InChI=1S/C10H13N3O3S2/c1-6(15)11-7-2-3-13(10(16)12-7)8-5-17-9(4-14)18-8/h2-3,8-9,14H,4-5H2,1H3,(H,11,12,15,16)/t8-,9-/m0/s1. The predicted molar refractivity (Wildman–Crippen MR) is 72.8 cm³/mol. The summed E-state index contributed by atoms with van der Waals surface area (Å²) in [6, 6.07) is 1.60. The molecule has 1 saturated heterocycles. The minimum Gasteiger partial charge on any atom is -0.394 e. The van der Waals surface area contributed by atoms with Crippen molar-refractivity contribution in [2.45, 2.75) is 16.9 Å². The topological polar surface area (TPSA) is 84.2 Å². The summed E-state index contributed by atoms with van der Waals surface area (Å²) in [5.41, 5.74) is -0.391. The van der Waals surface area contributed by atoms with E-state index in [9.17, 15) is 9.59 Å². The molecule has 18 heavy (non-hydrogen) atoms. The van der Waals surface area contributed by atoms with Gasteiger partial charge in [0.15, 0.2) is 0 Å². The number of aliphatic hydroxyl groups is 1. The van der Waals surface area contributed by atoms with Crippen molar-refractivity contribution in [2.24, 2.45) is 0 Å². The molecule has 0 saturated carbocycles. The van der Waals surface area contributed by atoms with Crippen LogP contribution in [0.3, 0.4) is 0 Å². The number of carbonyl (C=O) groups is 1. The lowest BCUT2D eigenvalue weighted by Crippen LogP contribution is -2.26. The Bertz CT molecular complexity index is 505. The molecule has 1 fully saturated rings. The van der Waals surface area contributed by atoms with Gasteiger partial charge in [-0.15, -0.1) is 23.5 Å². The van der Waals surface area contributed by atoms with Crippen LogP contribution in [0, 0.1) is 0 Å². The molecule has 1 aromatic heterocycles. The molecular formula is C10H13N3O3S2. The second-order valence-corrected chi connectivity index (χ2v) is 6.64. The summed E-state index contributed by atoms with van der Waals surface area (Å²) >= 11 is 3.17. The highest BCUT2D eigenvalue weighted by Crippen LogP contribution is 2.43. The molecule has 2 N–H and O–H groups in total. The van der Waals surface area contributed by atoms with Crippen molar-refractivity contribution in [3.8, 4) is 0 Å². The zero-order valence-corrected chi connectivity index (χ0v) is 11.3. The van der Waals surface area contributed by atoms with Crippen LogP contribution >= 0.6 is 23.5 Å². The second kappa shape index (κ2) is 5.77. The lowest BCUT2D eigenvalue weighted by molar-refractivity contribution is -0.114. The van der Waals surface area contributed by atoms with E-state index in [1.165, 1.54) is 11.5 Å². The summed E-state index contributed by atoms with van der Waals surface area (Å²) in [7, 11) is 0. The van der Waals surface area contributed by atoms with Gasteiger partial charge in [-0.2, -0.15) is 4.98 Å². The maximum absolute atomic E-state index is 11.8. The average molecular weight is 287 g/mol. The first kappa shape index (κ1) is 13.4. The summed E-state index contributed by atoms with van der Waals surface area (Å²) in [6.07, 6.45) is 1.62. The van der Waals surface area contributed by atoms with Crippen molar-refractivity contribution in [1.29, 1.82) is 0 Å². The molecule has 2 rings (SSSR count). The van der Waals surface area contributed by atoms with Crippen molar-refractivity contribution >= 4 is 35.2 Å². The van der Waals surface area contributed by atoms with E-state index in [1.54, 1.807) is 35.8 Å². The van der Waals surface area contributed by atoms with E-state index in [-0.39, 0.29) is 28.3 Å². The molecule has 1 aliphatic rings. The first-order valence-electron chi connectivity index (χ1n) is 5.35. The van der Waals surface area contributed by atoms with Crippen LogP contribution < -0.4 is 11.0 Å². The Labute approximate surface area is 112 Å². The van der Waals surface area contributed by atoms with Gasteiger partial charge in [-0.3, -0.25) is 9.36 Å². The van der Waals surface area contributed by atoms with Crippen LogP contribution in [0.5, 0.6) is 0 Å². The monoisotopic (exact) mass is 287 g/mol. The van der Waals surface area contributed by atoms with E-state index in [4.69, 9.17) is 5.11 Å². The molecule has 0 aromatic carbocycles. The second-order valence-electron chi connectivity index (χ2n) is 3.72. The van der Waals surface area contributed by atoms with Crippen LogP contribution in [-0.2, 0) is 4.79 Å². The number of amides is 1. The fraction of sp³-hybridized carbons (Fsp3) is 0.500. The van der Waals surface area contributed by atoms with Crippen LogP contribution in [0.25, 0.3) is 0 Å². The van der Waals surface area contributed by atoms with Gasteiger partial charge in [0.05, 0.1) is 16.6 Å². The molecule has 0 radical (unpaired) electrons. The lowest BCUT2D eigenvalue weighted by atomic mass is 10.5. The van der Waals surface area contributed by atoms with Crippen molar-refractivity contribution in [1.82, 2.24) is 9.55 Å². The molecule has 2 atom stereocenters. The Hall–Kier alpha value is -0.990. The van der Waals surface area contributed by atoms with Crippen molar-refractivity contribution in [3.63, 3.8) is 0 Å². The third-order valence-corrected chi connectivity index (χ3v) is 5.47. The van der Waals surface area contributed by atoms with Gasteiger partial charge in [-0.05, 0) is 6.07 Å². The van der Waals surface area contributed by atoms with Gasteiger partial charge in [0, 0.05) is 18.9 Å². The van der Waals surface area contributed by atoms with Crippen molar-refractivity contribution in [2.75, 3.05) is 17.7 Å². The number of nitrogens with zero attached hydrogens (tertiary/aromatic N) is 2. The first-order valence-corrected chi connectivity index (χ1v) is 7.34. The predicted octanol–water partition coefficient (Wildman–Crippen LogP) is 0.499. The number of hydrogen-bond donors (Lipinski definition) is 2. The molecule has 8 heteroatoms. The van der Waals surface area contributed by atoms with Gasteiger partial charge >= 0.3 is 5.69 Å². The molecule has 6 nitrogen and oxygen atoms in total. The van der Waals surface area contributed by atoms with E-state index in [0.717, 1.165) is 5.75 Å². The lowest BCUT2D eigenvalue weighted by Gasteiger charge is -2.12. The minimum atomic E-state index is -0.391. The van der Waals surface area contributed by atoms with Gasteiger partial charge < -0.3 is 10.4 Å². The van der Waals surface area contributed by atoms with E-state index < -0.39 is 5.69 Å². The number of thioether (sulfide) groups is 2. The summed E-state index contributed by atoms with van der Waals surface area (Å²) < 4.78 is 1.63. The third kappa shape index (κ3) is 3.06. The summed E-state index contributed by atoms with van der Waals surface area (Å²) in [5.74, 6) is 0.764. The van der Waals surface area contributed by atoms with Crippen LogP contribution in [-0.4, -0.2) is 37.5 Å². The Kier molecular flexibility index (Phi) is 4.31. The quantitative estimate of drug-likeness (QED) is 0.842. The number of hydrogen-bond acceptors (Lipinski definition) is 6. The van der Waals surface area contributed by atoms with Gasteiger partial charge in [0.1, 0.15) is 5.82 Å². The number of nitrogens with one attached hydrogen (secondary N) is 1. The zero-order chi connectivity index (χ0) is 13.1. The van der Waals surface area contributed by atoms with Crippen LogP contribution in [0.1, 0.15) is 12.3 Å². The van der Waals surface area contributed by atoms with E-state index in [1.807, 2.05) is 0 Å². The smallest absolute Gasteiger partial charge is 0.350 e. The van der Waals surface area contributed by atoms with Crippen molar-refractivity contribution in [3.05, 3.63) is 22.7 Å². The highest BCUT2D eigenvalue weighted by molar-refractivity contribution is 8.20. The molecular weight excluding hydrogens is 274 g/mol. The third-order valence-electron chi connectivity index (χ3n) is 2.33. The SMILES string of the molecule is CC(=O)Nc1ccn([C@@H]2CS[C@H](CO)S2)c(=O)n1. The highest BCUT2D eigenvalue weighted by Gasteiger charge is 2.27. The number of rotatable bonds is 3. The van der Waals surface area contributed by atoms with E-state index in [0.29, 0.717) is 0 Å². The largest absolute Gasteiger partial charge is 0.394 e. The minimum absolute atomic E-state index is 0.0153. The molecule has 0 unspecified atom stereocenters. The first-order chi connectivity index (χ1) is 8.60. The molecule has 98 valence electrons. The maximum Gasteiger partial charge on any atom is 0.350 e. The van der Waals surface area contributed by atoms with E-state index in [2.05, 4.69) is 10.3 Å². The number of aliphatic hydroxyl groups excluding tert-OH is 1. The number of carbonyl (C=O) groups excluding carboxylic acids is 1. The van der Waals surface area contributed by atoms with Gasteiger partial charge in [-0.25, -0.2) is 4.79 Å². The molecule has 0 bridgehead atoms. The maximum atomic E-state index is 11.8. The molecule has 1 aliphatic heterocycles. The van der Waals surface area contributed by atoms with Gasteiger partial charge in [-0.1, -0.05) is 0 Å². The molecule has 1 amide bonds. The summed E-state index contributed by atoms with van der Waals surface area (Å²) in [6.45, 7) is 1.46. The normalized spacial score (nSPS) is 23.0. The fourth-order valence-corrected chi connectivity index (χ4v) is 4.42.